The summed E-state index contributed by atoms with van der Waals surface area (Å²) in [5, 5.41) is 3.39. The Hall–Kier alpha value is -1.13. The quantitative estimate of drug-likeness (QED) is 0.368. The van der Waals surface area contributed by atoms with Crippen LogP contribution in [0.25, 0.3) is 5.57 Å². The molecule has 2 heterocycles. The van der Waals surface area contributed by atoms with Crippen LogP contribution in [0.4, 0.5) is 0 Å². The molecule has 1 saturated heterocycles. The fraction of sp³-hybridized carbons (Fsp3) is 0.550. The Morgan fingerprint density at radius 1 is 1.14 bits per heavy atom. The molecule has 0 unspecified atom stereocenters. The molecule has 0 saturated carbocycles. The summed E-state index contributed by atoms with van der Waals surface area (Å²) in [6, 6.07) is 10.5. The molecule has 28 heavy (non-hydrogen) atoms. The fourth-order valence-electron chi connectivity index (χ4n) is 3.47. The molecule has 2 aliphatic rings. The maximum Gasteiger partial charge on any atom is 0.194 e. The Morgan fingerprint density at radius 3 is 2.46 bits per heavy atom. The molecule has 0 radical (unpaired) electrons. The Labute approximate surface area is 186 Å². The first-order valence-corrected chi connectivity index (χ1v) is 11.6. The molecule has 0 amide bonds. The molecule has 0 aromatic heterocycles. The maximum atomic E-state index is 11.5. The summed E-state index contributed by atoms with van der Waals surface area (Å²) < 4.78 is 23.0. The second-order valence-corrected chi connectivity index (χ2v) is 9.32. The molecule has 1 N–H and O–H groups in total. The van der Waals surface area contributed by atoms with E-state index in [1.807, 2.05) is 6.07 Å². The van der Waals surface area contributed by atoms with Gasteiger partial charge in [-0.15, -0.1) is 24.0 Å². The van der Waals surface area contributed by atoms with E-state index in [2.05, 4.69) is 52.4 Å². The van der Waals surface area contributed by atoms with Crippen LogP contribution in [0.2, 0.25) is 0 Å². The van der Waals surface area contributed by atoms with Crippen molar-refractivity contribution in [1.29, 1.82) is 0 Å². The Kier molecular flexibility index (Phi) is 9.23. The predicted molar refractivity (Wildman–Crippen MR) is 127 cm³/mol. The van der Waals surface area contributed by atoms with E-state index < -0.39 is 9.84 Å². The van der Waals surface area contributed by atoms with Crippen molar-refractivity contribution in [3.8, 4) is 0 Å². The van der Waals surface area contributed by atoms with Crippen molar-refractivity contribution in [3.63, 3.8) is 0 Å². The van der Waals surface area contributed by atoms with E-state index in [0.29, 0.717) is 19.6 Å². The molecule has 0 spiro atoms. The minimum Gasteiger partial charge on any atom is -0.357 e. The highest BCUT2D eigenvalue weighted by molar-refractivity contribution is 14.0. The second kappa shape index (κ2) is 11.2. The van der Waals surface area contributed by atoms with Crippen molar-refractivity contribution in [2.45, 2.75) is 13.3 Å². The summed E-state index contributed by atoms with van der Waals surface area (Å²) in [6.07, 6.45) is 3.31. The molecule has 0 atom stereocenters. The van der Waals surface area contributed by atoms with Crippen LogP contribution in [0.3, 0.4) is 0 Å². The van der Waals surface area contributed by atoms with Crippen molar-refractivity contribution in [3.05, 3.63) is 42.0 Å². The molecule has 0 bridgehead atoms. The number of nitrogens with zero attached hydrogens (tertiary/aromatic N) is 3. The van der Waals surface area contributed by atoms with Gasteiger partial charge in [-0.05, 0) is 24.5 Å². The first-order valence-electron chi connectivity index (χ1n) is 9.78. The summed E-state index contributed by atoms with van der Waals surface area (Å²) in [6.45, 7) is 7.49. The van der Waals surface area contributed by atoms with E-state index in [1.54, 1.807) is 0 Å². The molecule has 6 nitrogen and oxygen atoms in total. The van der Waals surface area contributed by atoms with E-state index in [0.717, 1.165) is 38.6 Å². The SMILES string of the molecule is CCNC(=NCCN1CCS(=O)(=O)CC1)N1CC=C(c2ccccc2)CC1.I. The van der Waals surface area contributed by atoms with Gasteiger partial charge in [-0.25, -0.2) is 8.42 Å². The predicted octanol–water partition coefficient (Wildman–Crippen LogP) is 2.09. The zero-order valence-electron chi connectivity index (χ0n) is 16.5. The highest BCUT2D eigenvalue weighted by atomic mass is 127. The van der Waals surface area contributed by atoms with Gasteiger partial charge in [0.1, 0.15) is 0 Å². The zero-order valence-corrected chi connectivity index (χ0v) is 19.7. The van der Waals surface area contributed by atoms with E-state index in [1.165, 1.54) is 11.1 Å². The van der Waals surface area contributed by atoms with E-state index in [9.17, 15) is 8.42 Å². The first-order chi connectivity index (χ1) is 13.1. The van der Waals surface area contributed by atoms with Crippen LogP contribution in [0.5, 0.6) is 0 Å². The fourth-order valence-corrected chi connectivity index (χ4v) is 4.75. The molecular weight excluding hydrogens is 487 g/mol. The monoisotopic (exact) mass is 518 g/mol. The smallest absolute Gasteiger partial charge is 0.194 e. The molecule has 1 aromatic carbocycles. The standard InChI is InChI=1S/C20H30N4O2S.HI/c1-2-21-20(22-10-13-23-14-16-27(25,26)17-15-23)24-11-8-19(9-12-24)18-6-4-3-5-7-18;/h3-8H,2,9-17H2,1H3,(H,21,22);1H. The molecule has 1 aromatic rings. The molecular formula is C20H31IN4O2S. The average molecular weight is 518 g/mol. The Balaban J connectivity index is 0.00000280. The molecule has 2 aliphatic heterocycles. The van der Waals surface area contributed by atoms with Gasteiger partial charge in [-0.1, -0.05) is 36.4 Å². The van der Waals surface area contributed by atoms with Crippen LogP contribution in [-0.4, -0.2) is 81.5 Å². The molecule has 1 fully saturated rings. The van der Waals surface area contributed by atoms with Gasteiger partial charge in [0.25, 0.3) is 0 Å². The van der Waals surface area contributed by atoms with Gasteiger partial charge in [0.05, 0.1) is 18.1 Å². The second-order valence-electron chi connectivity index (χ2n) is 7.02. The number of nitrogens with one attached hydrogen (secondary N) is 1. The third kappa shape index (κ3) is 6.73. The molecule has 0 aliphatic carbocycles. The van der Waals surface area contributed by atoms with Crippen LogP contribution in [0.1, 0.15) is 18.9 Å². The number of rotatable bonds is 5. The summed E-state index contributed by atoms with van der Waals surface area (Å²) in [4.78, 5) is 9.26. The Morgan fingerprint density at radius 2 is 1.86 bits per heavy atom. The summed E-state index contributed by atoms with van der Waals surface area (Å²) >= 11 is 0. The van der Waals surface area contributed by atoms with Crippen LogP contribution in [0, 0.1) is 0 Å². The van der Waals surface area contributed by atoms with Gasteiger partial charge in [0.2, 0.25) is 0 Å². The summed E-state index contributed by atoms with van der Waals surface area (Å²) in [5.74, 6) is 1.50. The van der Waals surface area contributed by atoms with E-state index >= 15 is 0 Å². The number of benzene rings is 1. The highest BCUT2D eigenvalue weighted by Gasteiger charge is 2.21. The van der Waals surface area contributed by atoms with Gasteiger partial charge in [0.15, 0.2) is 15.8 Å². The van der Waals surface area contributed by atoms with Gasteiger partial charge in [-0.2, -0.15) is 0 Å². The molecule has 3 rings (SSSR count). The topological polar surface area (TPSA) is 65.0 Å². The van der Waals surface area contributed by atoms with Crippen LogP contribution < -0.4 is 5.32 Å². The summed E-state index contributed by atoms with van der Waals surface area (Å²) in [5.41, 5.74) is 2.70. The third-order valence-corrected chi connectivity index (χ3v) is 6.71. The number of hydrogen-bond acceptors (Lipinski definition) is 4. The normalized spacial score (nSPS) is 20.2. The third-order valence-electron chi connectivity index (χ3n) is 5.10. The number of sulfone groups is 1. The first kappa shape index (κ1) is 23.2. The minimum atomic E-state index is -2.82. The Bertz CT molecular complexity index is 767. The van der Waals surface area contributed by atoms with Gasteiger partial charge in [-0.3, -0.25) is 9.89 Å². The lowest BCUT2D eigenvalue weighted by Gasteiger charge is -2.30. The zero-order chi connectivity index (χ0) is 19.1. The van der Waals surface area contributed by atoms with Crippen LogP contribution >= 0.6 is 24.0 Å². The molecule has 156 valence electrons. The average Bonchev–Trinajstić information content (AvgIpc) is 2.69. The van der Waals surface area contributed by atoms with Crippen molar-refractivity contribution >= 4 is 45.3 Å². The van der Waals surface area contributed by atoms with Crippen LogP contribution in [-0.2, 0) is 9.84 Å². The molecule has 8 heteroatoms. The number of halogens is 1. The van der Waals surface area contributed by atoms with E-state index in [-0.39, 0.29) is 35.5 Å². The van der Waals surface area contributed by atoms with Gasteiger partial charge < -0.3 is 10.2 Å². The minimum absolute atomic E-state index is 0. The van der Waals surface area contributed by atoms with Crippen molar-refractivity contribution in [2.24, 2.45) is 4.99 Å². The number of guanidine groups is 1. The van der Waals surface area contributed by atoms with E-state index in [4.69, 9.17) is 4.99 Å². The van der Waals surface area contributed by atoms with Crippen molar-refractivity contribution in [2.75, 3.05) is 57.3 Å². The lowest BCUT2D eigenvalue weighted by molar-refractivity contribution is 0.303. The number of aliphatic imine (C=N–C) groups is 1. The number of hydrogen-bond donors (Lipinski definition) is 1. The lowest BCUT2D eigenvalue weighted by atomic mass is 10.00. The highest BCUT2D eigenvalue weighted by Crippen LogP contribution is 2.21. The van der Waals surface area contributed by atoms with Crippen molar-refractivity contribution < 1.29 is 8.42 Å². The van der Waals surface area contributed by atoms with Crippen LogP contribution in [0.15, 0.2) is 41.4 Å². The lowest BCUT2D eigenvalue weighted by Crippen LogP contribution is -2.44. The van der Waals surface area contributed by atoms with Gasteiger partial charge >= 0.3 is 0 Å². The maximum absolute atomic E-state index is 11.5. The largest absolute Gasteiger partial charge is 0.357 e. The summed E-state index contributed by atoms with van der Waals surface area (Å²) in [7, 11) is -2.82. The van der Waals surface area contributed by atoms with Crippen molar-refractivity contribution in [1.82, 2.24) is 15.1 Å². The van der Waals surface area contributed by atoms with Gasteiger partial charge in [0, 0.05) is 39.3 Å².